The van der Waals surface area contributed by atoms with E-state index in [9.17, 15) is 9.59 Å². The molecule has 0 spiro atoms. The van der Waals surface area contributed by atoms with Crippen LogP contribution < -0.4 is 18.9 Å². The minimum Gasteiger partial charge on any atom is -0.497 e. The molecular weight excluding hydrogens is 410 g/mol. The van der Waals surface area contributed by atoms with Gasteiger partial charge in [0.05, 0.1) is 28.4 Å². The summed E-state index contributed by atoms with van der Waals surface area (Å²) < 4.78 is 19.6. The summed E-state index contributed by atoms with van der Waals surface area (Å²) in [5.41, 5.74) is 0.256. The van der Waals surface area contributed by atoms with Crippen molar-refractivity contribution < 1.29 is 58.2 Å². The Kier molecular flexibility index (Phi) is 10.5. The van der Waals surface area contributed by atoms with Gasteiger partial charge in [-0.25, -0.2) is 9.59 Å². The second-order valence-electron chi connectivity index (χ2n) is 4.74. The molecule has 8 nitrogen and oxygen atoms in total. The molecule has 0 aromatic heterocycles. The number of benzene rings is 2. The zero-order valence-electron chi connectivity index (χ0n) is 15.5. The fraction of sp³-hybridized carbons (Fsp3) is 0.222. The zero-order chi connectivity index (χ0) is 19.7. The largest absolute Gasteiger partial charge is 0.497 e. The van der Waals surface area contributed by atoms with Crippen molar-refractivity contribution in [2.24, 2.45) is 0 Å². The van der Waals surface area contributed by atoms with E-state index < -0.39 is 11.9 Å². The molecule has 27 heavy (non-hydrogen) atoms. The first-order valence-electron chi connectivity index (χ1n) is 7.28. The third kappa shape index (κ3) is 6.79. The van der Waals surface area contributed by atoms with Crippen LogP contribution in [0.1, 0.15) is 20.7 Å². The van der Waals surface area contributed by atoms with Gasteiger partial charge in [-0.15, -0.1) is 0 Å². The predicted octanol–water partition coefficient (Wildman–Crippen LogP) is 2.80. The molecule has 142 valence electrons. The Balaban J connectivity index is 0.000000483. The zero-order valence-corrected chi connectivity index (χ0v) is 18.5. The summed E-state index contributed by atoms with van der Waals surface area (Å²) in [6, 6.07) is 9.10. The van der Waals surface area contributed by atoms with Gasteiger partial charge in [0.15, 0.2) is 0 Å². The number of rotatable bonds is 6. The Morgan fingerprint density at radius 2 is 1.00 bits per heavy atom. The molecule has 0 aliphatic heterocycles. The molecule has 2 aromatic carbocycles. The Morgan fingerprint density at radius 1 is 0.667 bits per heavy atom. The van der Waals surface area contributed by atoms with Crippen LogP contribution in [0.5, 0.6) is 23.0 Å². The number of hydrogen-bond donors (Lipinski definition) is 2. The second-order valence-corrected chi connectivity index (χ2v) is 4.74. The molecule has 0 aliphatic carbocycles. The maximum absolute atomic E-state index is 10.7. The third-order valence-corrected chi connectivity index (χ3v) is 3.28. The average molecular weight is 430 g/mol. The Hall–Kier alpha value is -2.80. The molecule has 0 atom stereocenters. The van der Waals surface area contributed by atoms with E-state index in [1.165, 1.54) is 52.7 Å². The van der Waals surface area contributed by atoms with Gasteiger partial charge in [-0.3, -0.25) is 0 Å². The van der Waals surface area contributed by atoms with Crippen molar-refractivity contribution in [2.75, 3.05) is 28.4 Å². The quantitative estimate of drug-likeness (QED) is 0.674. The molecule has 0 fully saturated rings. The van der Waals surface area contributed by atoms with E-state index in [0.29, 0.717) is 23.0 Å². The van der Waals surface area contributed by atoms with E-state index in [2.05, 4.69) is 0 Å². The summed E-state index contributed by atoms with van der Waals surface area (Å²) in [6.45, 7) is 0. The molecule has 0 radical (unpaired) electrons. The van der Waals surface area contributed by atoms with Gasteiger partial charge in [-0.05, 0) is 24.3 Å². The molecule has 2 aromatic rings. The van der Waals surface area contributed by atoms with Crippen LogP contribution in [0.3, 0.4) is 0 Å². The Bertz CT molecular complexity index is 710. The summed E-state index contributed by atoms with van der Waals surface area (Å²) in [7, 11) is 5.85. The van der Waals surface area contributed by atoms with Crippen LogP contribution in [-0.4, -0.2) is 50.6 Å². The Labute approximate surface area is 169 Å². The number of ether oxygens (including phenoxy) is 4. The van der Waals surface area contributed by atoms with Crippen LogP contribution in [0.2, 0.25) is 0 Å². The molecule has 0 amide bonds. The van der Waals surface area contributed by atoms with Crippen LogP contribution in [0.4, 0.5) is 0 Å². The van der Waals surface area contributed by atoms with Gasteiger partial charge in [0.25, 0.3) is 0 Å². The van der Waals surface area contributed by atoms with Gasteiger partial charge in [0.2, 0.25) is 0 Å². The van der Waals surface area contributed by atoms with Crippen LogP contribution in [-0.2, 0) is 19.5 Å². The van der Waals surface area contributed by atoms with E-state index in [1.54, 1.807) is 12.1 Å². The number of carboxylic acids is 2. The normalized spacial score (nSPS) is 9.04. The van der Waals surface area contributed by atoms with Crippen molar-refractivity contribution in [3.8, 4) is 23.0 Å². The number of carbonyl (C=O) groups is 2. The fourth-order valence-corrected chi connectivity index (χ4v) is 1.95. The molecular formula is C18H20O8Zn. The fourth-order valence-electron chi connectivity index (χ4n) is 1.95. The minimum atomic E-state index is -1.01. The van der Waals surface area contributed by atoms with Crippen molar-refractivity contribution in [3.05, 3.63) is 47.5 Å². The van der Waals surface area contributed by atoms with Gasteiger partial charge in [-0.1, -0.05) is 0 Å². The average Bonchev–Trinajstić information content (AvgIpc) is 2.66. The topological polar surface area (TPSA) is 112 Å². The molecule has 2 N–H and O–H groups in total. The number of methoxy groups -OCH3 is 4. The van der Waals surface area contributed by atoms with E-state index in [1.807, 2.05) is 0 Å². The smallest absolute Gasteiger partial charge is 0.339 e. The van der Waals surface area contributed by atoms with E-state index in [-0.39, 0.29) is 30.6 Å². The Morgan fingerprint density at radius 3 is 1.22 bits per heavy atom. The standard InChI is InChI=1S/2C9H10O4.Zn/c2*1-12-6-3-4-7(9(10)11)8(5-6)13-2;/h2*3-5H,1-2H3,(H,10,11);. The summed E-state index contributed by atoms with van der Waals surface area (Å²) in [5.74, 6) is -0.290. The van der Waals surface area contributed by atoms with E-state index >= 15 is 0 Å². The summed E-state index contributed by atoms with van der Waals surface area (Å²) in [4.78, 5) is 21.3. The van der Waals surface area contributed by atoms with Crippen LogP contribution >= 0.6 is 0 Å². The number of carboxylic acid groups (broad SMARTS) is 2. The van der Waals surface area contributed by atoms with Gasteiger partial charge >= 0.3 is 11.9 Å². The molecule has 9 heteroatoms. The molecule has 0 heterocycles. The molecule has 0 unspecified atom stereocenters. The number of aromatic carboxylic acids is 2. The first kappa shape index (κ1) is 24.2. The van der Waals surface area contributed by atoms with Gasteiger partial charge in [0, 0.05) is 31.6 Å². The van der Waals surface area contributed by atoms with Gasteiger partial charge < -0.3 is 29.2 Å². The summed E-state index contributed by atoms with van der Waals surface area (Å²) >= 11 is 0. The summed E-state index contributed by atoms with van der Waals surface area (Å²) in [5, 5.41) is 17.5. The van der Waals surface area contributed by atoms with Gasteiger partial charge in [0.1, 0.15) is 34.1 Å². The molecule has 0 aliphatic rings. The monoisotopic (exact) mass is 428 g/mol. The van der Waals surface area contributed by atoms with Crippen molar-refractivity contribution in [1.29, 1.82) is 0 Å². The van der Waals surface area contributed by atoms with Crippen LogP contribution in [0.25, 0.3) is 0 Å². The van der Waals surface area contributed by atoms with E-state index in [4.69, 9.17) is 29.2 Å². The van der Waals surface area contributed by atoms with Crippen molar-refractivity contribution >= 4 is 11.9 Å². The maximum Gasteiger partial charge on any atom is 0.339 e. The molecule has 2 rings (SSSR count). The third-order valence-electron chi connectivity index (χ3n) is 3.28. The SMILES string of the molecule is COc1ccc(C(=O)O)c(OC)c1.COc1ccc(C(=O)O)c(OC)c1.[Zn]. The first-order valence-corrected chi connectivity index (χ1v) is 7.28. The molecule has 0 saturated carbocycles. The minimum absolute atomic E-state index is 0. The molecule has 0 saturated heterocycles. The first-order chi connectivity index (χ1) is 12.4. The van der Waals surface area contributed by atoms with Gasteiger partial charge in [-0.2, -0.15) is 0 Å². The van der Waals surface area contributed by atoms with Crippen molar-refractivity contribution in [2.45, 2.75) is 0 Å². The van der Waals surface area contributed by atoms with E-state index in [0.717, 1.165) is 0 Å². The van der Waals surface area contributed by atoms with Crippen molar-refractivity contribution in [3.63, 3.8) is 0 Å². The molecule has 0 bridgehead atoms. The number of hydrogen-bond acceptors (Lipinski definition) is 6. The van der Waals surface area contributed by atoms with Crippen molar-refractivity contribution in [1.82, 2.24) is 0 Å². The van der Waals surface area contributed by atoms with Crippen LogP contribution in [0, 0.1) is 0 Å². The maximum atomic E-state index is 10.7. The predicted molar refractivity (Wildman–Crippen MR) is 93.0 cm³/mol. The summed E-state index contributed by atoms with van der Waals surface area (Å²) in [6.07, 6.45) is 0. The second kappa shape index (κ2) is 11.7. The van der Waals surface area contributed by atoms with Crippen LogP contribution in [0.15, 0.2) is 36.4 Å².